The molecule has 2 aromatic carbocycles. The number of aromatic nitrogens is 3. The largest absolute Gasteiger partial charge is 0.325 e. The normalized spacial score (nSPS) is 10.9. The van der Waals surface area contributed by atoms with Crippen molar-refractivity contribution in [2.24, 2.45) is 0 Å². The van der Waals surface area contributed by atoms with Gasteiger partial charge in [-0.3, -0.25) is 9.59 Å². The average Bonchev–Trinajstić information content (AvgIpc) is 2.75. The summed E-state index contributed by atoms with van der Waals surface area (Å²) in [5.41, 5.74) is 4.39. The van der Waals surface area contributed by atoms with Gasteiger partial charge in [0.2, 0.25) is 5.91 Å². The maximum Gasteiger partial charge on any atom is 0.267 e. The number of thioether (sulfide) groups is 1. The fourth-order valence-electron chi connectivity index (χ4n) is 3.20. The van der Waals surface area contributed by atoms with Crippen LogP contribution in [0, 0.1) is 20.8 Å². The minimum absolute atomic E-state index is 0.115. The molecule has 2 heterocycles. The molecular weight excluding hydrogens is 408 g/mol. The van der Waals surface area contributed by atoms with Gasteiger partial charge in [0.1, 0.15) is 5.82 Å². The van der Waals surface area contributed by atoms with Crippen molar-refractivity contribution < 1.29 is 4.79 Å². The predicted molar refractivity (Wildman–Crippen MR) is 125 cm³/mol. The van der Waals surface area contributed by atoms with Crippen LogP contribution in [-0.4, -0.2) is 26.2 Å². The molecule has 6 nitrogen and oxygen atoms in total. The summed E-state index contributed by atoms with van der Waals surface area (Å²) in [7, 11) is 0. The number of anilines is 1. The number of pyridine rings is 1. The maximum absolute atomic E-state index is 13.2. The van der Waals surface area contributed by atoms with Crippen LogP contribution in [0.15, 0.2) is 70.7 Å². The molecule has 7 heteroatoms. The van der Waals surface area contributed by atoms with E-state index < -0.39 is 0 Å². The smallest absolute Gasteiger partial charge is 0.267 e. The molecule has 0 aliphatic heterocycles. The first-order valence-electron chi connectivity index (χ1n) is 9.87. The molecule has 4 aromatic rings. The molecule has 1 N–H and O–H groups in total. The Morgan fingerprint density at radius 2 is 1.84 bits per heavy atom. The van der Waals surface area contributed by atoms with Gasteiger partial charge in [-0.2, -0.15) is 0 Å². The lowest BCUT2D eigenvalue weighted by molar-refractivity contribution is -0.113. The van der Waals surface area contributed by atoms with E-state index in [9.17, 15) is 9.59 Å². The van der Waals surface area contributed by atoms with E-state index in [0.29, 0.717) is 21.9 Å². The third-order valence-electron chi connectivity index (χ3n) is 5.00. The van der Waals surface area contributed by atoms with E-state index in [4.69, 9.17) is 0 Å². The number of para-hydroxylation sites is 1. The molecule has 0 aliphatic carbocycles. The van der Waals surface area contributed by atoms with Crippen molar-refractivity contribution in [1.29, 1.82) is 0 Å². The topological polar surface area (TPSA) is 76.9 Å². The second-order valence-electron chi connectivity index (χ2n) is 7.38. The molecule has 0 radical (unpaired) electrons. The molecule has 0 fully saturated rings. The number of nitrogens with zero attached hydrogens (tertiary/aromatic N) is 3. The van der Waals surface area contributed by atoms with Gasteiger partial charge in [0.05, 0.1) is 16.7 Å². The van der Waals surface area contributed by atoms with E-state index in [1.165, 1.54) is 21.9 Å². The summed E-state index contributed by atoms with van der Waals surface area (Å²) in [6.45, 7) is 5.97. The van der Waals surface area contributed by atoms with Crippen LogP contribution in [0.2, 0.25) is 0 Å². The second-order valence-corrected chi connectivity index (χ2v) is 8.32. The predicted octanol–water partition coefficient (Wildman–Crippen LogP) is 4.44. The SMILES string of the molecule is Cc1ccnc(-n2c(SCC(=O)Nc3ccc(C)c(C)c3)nc3ccccc3c2=O)c1. The van der Waals surface area contributed by atoms with Crippen LogP contribution >= 0.6 is 11.8 Å². The van der Waals surface area contributed by atoms with E-state index >= 15 is 0 Å². The summed E-state index contributed by atoms with van der Waals surface area (Å²) in [5, 5.41) is 3.85. The van der Waals surface area contributed by atoms with Crippen LogP contribution < -0.4 is 10.9 Å². The summed E-state index contributed by atoms with van der Waals surface area (Å²) in [6, 6.07) is 16.7. The van der Waals surface area contributed by atoms with Crippen molar-refractivity contribution in [3.05, 3.63) is 87.8 Å². The Morgan fingerprint density at radius 1 is 1.03 bits per heavy atom. The Labute approximate surface area is 184 Å². The molecule has 0 saturated heterocycles. The van der Waals surface area contributed by atoms with Crippen molar-refractivity contribution in [3.63, 3.8) is 0 Å². The second kappa shape index (κ2) is 8.73. The number of carbonyl (C=O) groups is 1. The standard InChI is InChI=1S/C24H22N4O2S/c1-15-10-11-25-21(12-15)28-23(30)19-6-4-5-7-20(19)27-24(28)31-14-22(29)26-18-9-8-16(2)17(3)13-18/h4-13H,14H2,1-3H3,(H,26,29). The summed E-state index contributed by atoms with van der Waals surface area (Å²) < 4.78 is 1.48. The van der Waals surface area contributed by atoms with Gasteiger partial charge in [-0.25, -0.2) is 14.5 Å². The summed E-state index contributed by atoms with van der Waals surface area (Å²) in [4.78, 5) is 34.8. The summed E-state index contributed by atoms with van der Waals surface area (Å²) >= 11 is 1.21. The number of fused-ring (bicyclic) bond motifs is 1. The zero-order chi connectivity index (χ0) is 22.0. The Balaban J connectivity index is 1.66. The fourth-order valence-corrected chi connectivity index (χ4v) is 4.00. The number of nitrogens with one attached hydrogen (secondary N) is 1. The minimum atomic E-state index is -0.208. The van der Waals surface area contributed by atoms with Crippen LogP contribution in [0.1, 0.15) is 16.7 Å². The molecule has 2 aromatic heterocycles. The highest BCUT2D eigenvalue weighted by atomic mass is 32.2. The van der Waals surface area contributed by atoms with Crippen LogP contribution in [0.25, 0.3) is 16.7 Å². The molecule has 4 rings (SSSR count). The van der Waals surface area contributed by atoms with Crippen LogP contribution in [-0.2, 0) is 4.79 Å². The minimum Gasteiger partial charge on any atom is -0.325 e. The van der Waals surface area contributed by atoms with E-state index in [1.54, 1.807) is 18.3 Å². The van der Waals surface area contributed by atoms with Gasteiger partial charge >= 0.3 is 0 Å². The van der Waals surface area contributed by atoms with E-state index in [2.05, 4.69) is 15.3 Å². The molecular formula is C24H22N4O2S. The van der Waals surface area contributed by atoms with Crippen molar-refractivity contribution in [2.45, 2.75) is 25.9 Å². The lowest BCUT2D eigenvalue weighted by atomic mass is 10.1. The Morgan fingerprint density at radius 3 is 2.61 bits per heavy atom. The zero-order valence-corrected chi connectivity index (χ0v) is 18.4. The summed E-state index contributed by atoms with van der Waals surface area (Å²) in [6.07, 6.45) is 1.66. The highest BCUT2D eigenvalue weighted by Gasteiger charge is 2.16. The first-order chi connectivity index (χ1) is 14.9. The van der Waals surface area contributed by atoms with Crippen LogP contribution in [0.3, 0.4) is 0 Å². The highest BCUT2D eigenvalue weighted by molar-refractivity contribution is 7.99. The van der Waals surface area contributed by atoms with Crippen molar-refractivity contribution in [1.82, 2.24) is 14.5 Å². The van der Waals surface area contributed by atoms with Gasteiger partial charge in [-0.15, -0.1) is 0 Å². The zero-order valence-electron chi connectivity index (χ0n) is 17.5. The Hall–Kier alpha value is -3.45. The number of rotatable bonds is 5. The Kier molecular flexibility index (Phi) is 5.86. The number of aryl methyl sites for hydroxylation is 3. The van der Waals surface area contributed by atoms with E-state index in [1.807, 2.05) is 63.2 Å². The number of carbonyl (C=O) groups excluding carboxylic acids is 1. The monoisotopic (exact) mass is 430 g/mol. The number of hydrogen-bond donors (Lipinski definition) is 1. The quantitative estimate of drug-likeness (QED) is 0.374. The van der Waals surface area contributed by atoms with Crippen molar-refractivity contribution in [2.75, 3.05) is 11.1 Å². The number of benzene rings is 2. The maximum atomic E-state index is 13.2. The molecule has 0 atom stereocenters. The number of amides is 1. The summed E-state index contributed by atoms with van der Waals surface area (Å²) in [5.74, 6) is 0.434. The third kappa shape index (κ3) is 4.51. The Bertz CT molecular complexity index is 1350. The van der Waals surface area contributed by atoms with E-state index in [0.717, 1.165) is 16.8 Å². The first kappa shape index (κ1) is 20.8. The van der Waals surface area contributed by atoms with E-state index in [-0.39, 0.29) is 17.2 Å². The third-order valence-corrected chi connectivity index (χ3v) is 5.94. The van der Waals surface area contributed by atoms with Gasteiger partial charge in [-0.05, 0) is 73.9 Å². The van der Waals surface area contributed by atoms with Crippen molar-refractivity contribution in [3.8, 4) is 5.82 Å². The molecule has 0 bridgehead atoms. The van der Waals surface area contributed by atoms with Gasteiger partial charge in [0, 0.05) is 11.9 Å². The first-order valence-corrected chi connectivity index (χ1v) is 10.9. The van der Waals surface area contributed by atoms with Gasteiger partial charge in [0.25, 0.3) is 5.56 Å². The number of hydrogen-bond acceptors (Lipinski definition) is 5. The lowest BCUT2D eigenvalue weighted by Crippen LogP contribution is -2.23. The van der Waals surface area contributed by atoms with Gasteiger partial charge < -0.3 is 5.32 Å². The molecule has 0 saturated carbocycles. The molecule has 0 unspecified atom stereocenters. The van der Waals surface area contributed by atoms with Gasteiger partial charge in [-0.1, -0.05) is 30.0 Å². The fraction of sp³-hybridized carbons (Fsp3) is 0.167. The molecule has 0 aliphatic rings. The highest BCUT2D eigenvalue weighted by Crippen LogP contribution is 2.22. The average molecular weight is 431 g/mol. The van der Waals surface area contributed by atoms with Crippen LogP contribution in [0.5, 0.6) is 0 Å². The van der Waals surface area contributed by atoms with Crippen LogP contribution in [0.4, 0.5) is 5.69 Å². The molecule has 1 amide bonds. The molecule has 0 spiro atoms. The molecule has 31 heavy (non-hydrogen) atoms. The van der Waals surface area contributed by atoms with Gasteiger partial charge in [0.15, 0.2) is 5.16 Å². The lowest BCUT2D eigenvalue weighted by Gasteiger charge is -2.13. The van der Waals surface area contributed by atoms with Crippen molar-refractivity contribution >= 4 is 34.3 Å². The molecule has 156 valence electrons.